The smallest absolute Gasteiger partial charge is 0.257 e. The van der Waals surface area contributed by atoms with Crippen LogP contribution in [0.2, 0.25) is 0 Å². The van der Waals surface area contributed by atoms with Crippen LogP contribution in [0.1, 0.15) is 24.2 Å². The van der Waals surface area contributed by atoms with Crippen molar-refractivity contribution in [2.24, 2.45) is 11.1 Å². The van der Waals surface area contributed by atoms with Crippen LogP contribution in [-0.2, 0) is 10.0 Å². The maximum atomic E-state index is 12.2. The van der Waals surface area contributed by atoms with Crippen molar-refractivity contribution < 1.29 is 17.9 Å². The van der Waals surface area contributed by atoms with Crippen molar-refractivity contribution in [1.82, 2.24) is 5.32 Å². The van der Waals surface area contributed by atoms with E-state index >= 15 is 0 Å². The van der Waals surface area contributed by atoms with Crippen LogP contribution in [0.5, 0.6) is 5.75 Å². The van der Waals surface area contributed by atoms with Crippen LogP contribution in [-0.4, -0.2) is 26.0 Å². The van der Waals surface area contributed by atoms with Gasteiger partial charge in [-0.3, -0.25) is 10.1 Å². The first kappa shape index (κ1) is 20.8. The lowest BCUT2D eigenvalue weighted by Crippen LogP contribution is -2.34. The minimum atomic E-state index is -3.76. The maximum Gasteiger partial charge on any atom is 0.257 e. The van der Waals surface area contributed by atoms with Gasteiger partial charge in [0.1, 0.15) is 5.75 Å². The Morgan fingerprint density at radius 2 is 1.70 bits per heavy atom. The second kappa shape index (κ2) is 8.94. The van der Waals surface area contributed by atoms with E-state index in [1.54, 1.807) is 24.3 Å². The number of rotatable bonds is 6. The molecule has 0 unspecified atom stereocenters. The van der Waals surface area contributed by atoms with Crippen LogP contribution in [0.15, 0.2) is 53.4 Å². The predicted octanol–water partition coefficient (Wildman–Crippen LogP) is 2.50. The van der Waals surface area contributed by atoms with E-state index in [1.807, 2.05) is 0 Å². The Hall–Kier alpha value is -2.49. The molecule has 0 fully saturated rings. The number of carbonyl (C=O) groups is 1. The van der Waals surface area contributed by atoms with E-state index in [9.17, 15) is 13.2 Å². The number of anilines is 1. The van der Waals surface area contributed by atoms with Gasteiger partial charge >= 0.3 is 0 Å². The molecule has 0 saturated heterocycles. The molecule has 0 saturated carbocycles. The Bertz CT molecular complexity index is 909. The molecule has 27 heavy (non-hydrogen) atoms. The Morgan fingerprint density at radius 1 is 1.11 bits per heavy atom. The summed E-state index contributed by atoms with van der Waals surface area (Å²) in [7, 11) is -3.76. The zero-order valence-corrected chi connectivity index (χ0v) is 16.6. The number of benzene rings is 2. The van der Waals surface area contributed by atoms with Gasteiger partial charge in [0.2, 0.25) is 10.0 Å². The summed E-state index contributed by atoms with van der Waals surface area (Å²) in [4.78, 5) is 12.2. The molecule has 0 bridgehead atoms. The lowest BCUT2D eigenvalue weighted by Gasteiger charge is -2.11. The van der Waals surface area contributed by atoms with E-state index in [0.29, 0.717) is 29.5 Å². The number of ether oxygens (including phenoxy) is 1. The van der Waals surface area contributed by atoms with Gasteiger partial charge in [0.05, 0.1) is 11.5 Å². The SMILES string of the molecule is CC(C)COc1ccc(C(=O)NC(=S)Nc2ccc(S(N)(=O)=O)cc2)cc1. The van der Waals surface area contributed by atoms with E-state index < -0.39 is 10.0 Å². The minimum absolute atomic E-state index is 0.0113. The molecule has 0 spiro atoms. The van der Waals surface area contributed by atoms with Gasteiger partial charge in [-0.25, -0.2) is 13.6 Å². The number of thiocarbonyl (C=S) groups is 1. The van der Waals surface area contributed by atoms with E-state index in [4.69, 9.17) is 22.1 Å². The number of hydrogen-bond acceptors (Lipinski definition) is 5. The Kier molecular flexibility index (Phi) is 6.89. The lowest BCUT2D eigenvalue weighted by molar-refractivity contribution is 0.0977. The fourth-order valence-electron chi connectivity index (χ4n) is 2.03. The van der Waals surface area contributed by atoms with Crippen molar-refractivity contribution in [2.75, 3.05) is 11.9 Å². The molecule has 9 heteroatoms. The summed E-state index contributed by atoms with van der Waals surface area (Å²) in [5.74, 6) is 0.732. The molecule has 0 atom stereocenters. The molecule has 2 aromatic rings. The first-order chi connectivity index (χ1) is 12.6. The van der Waals surface area contributed by atoms with Gasteiger partial charge in [-0.15, -0.1) is 0 Å². The first-order valence-electron chi connectivity index (χ1n) is 8.13. The van der Waals surface area contributed by atoms with Crippen LogP contribution in [0.3, 0.4) is 0 Å². The second-order valence-corrected chi connectivity index (χ2v) is 8.18. The highest BCUT2D eigenvalue weighted by atomic mass is 32.2. The highest BCUT2D eigenvalue weighted by Crippen LogP contribution is 2.14. The van der Waals surface area contributed by atoms with Crippen molar-refractivity contribution >= 4 is 38.9 Å². The van der Waals surface area contributed by atoms with Crippen molar-refractivity contribution in [1.29, 1.82) is 0 Å². The predicted molar refractivity (Wildman–Crippen MR) is 108 cm³/mol. The van der Waals surface area contributed by atoms with Gasteiger partial charge < -0.3 is 10.1 Å². The summed E-state index contributed by atoms with van der Waals surface area (Å²) in [6.45, 7) is 4.71. The summed E-state index contributed by atoms with van der Waals surface area (Å²) in [6, 6.07) is 12.4. The monoisotopic (exact) mass is 407 g/mol. The first-order valence-corrected chi connectivity index (χ1v) is 10.1. The number of nitrogens with one attached hydrogen (secondary N) is 2. The molecule has 4 N–H and O–H groups in total. The van der Waals surface area contributed by atoms with E-state index in [2.05, 4.69) is 24.5 Å². The maximum absolute atomic E-state index is 12.2. The van der Waals surface area contributed by atoms with Crippen molar-refractivity contribution in [3.63, 3.8) is 0 Å². The number of sulfonamides is 1. The summed E-state index contributed by atoms with van der Waals surface area (Å²) in [5.41, 5.74) is 0.950. The number of nitrogens with two attached hydrogens (primary N) is 1. The minimum Gasteiger partial charge on any atom is -0.493 e. The molecule has 0 radical (unpaired) electrons. The highest BCUT2D eigenvalue weighted by molar-refractivity contribution is 7.89. The van der Waals surface area contributed by atoms with Gasteiger partial charge in [-0.05, 0) is 66.7 Å². The second-order valence-electron chi connectivity index (χ2n) is 6.21. The van der Waals surface area contributed by atoms with Crippen molar-refractivity contribution in [3.05, 3.63) is 54.1 Å². The van der Waals surface area contributed by atoms with Gasteiger partial charge in [-0.2, -0.15) is 0 Å². The molecular weight excluding hydrogens is 386 g/mol. The van der Waals surface area contributed by atoms with Gasteiger partial charge in [0.25, 0.3) is 5.91 Å². The van der Waals surface area contributed by atoms with Gasteiger partial charge in [0, 0.05) is 11.3 Å². The zero-order valence-electron chi connectivity index (χ0n) is 14.9. The lowest BCUT2D eigenvalue weighted by atomic mass is 10.2. The third kappa shape index (κ3) is 6.63. The Labute approximate surface area is 164 Å². The van der Waals surface area contributed by atoms with E-state index in [-0.39, 0.29) is 15.9 Å². The third-order valence-corrected chi connectivity index (χ3v) is 4.50. The normalized spacial score (nSPS) is 11.1. The molecule has 7 nitrogen and oxygen atoms in total. The summed E-state index contributed by atoms with van der Waals surface area (Å²) in [6.07, 6.45) is 0. The number of amides is 1. The Morgan fingerprint density at radius 3 is 2.22 bits per heavy atom. The molecule has 2 aromatic carbocycles. The van der Waals surface area contributed by atoms with E-state index in [0.717, 1.165) is 0 Å². The summed E-state index contributed by atoms with van der Waals surface area (Å²) < 4.78 is 28.0. The van der Waals surface area contributed by atoms with Crippen LogP contribution >= 0.6 is 12.2 Å². The molecule has 0 aromatic heterocycles. The van der Waals surface area contributed by atoms with Gasteiger partial charge in [0.15, 0.2) is 5.11 Å². The molecule has 144 valence electrons. The molecule has 0 aliphatic carbocycles. The molecule has 0 aliphatic rings. The summed E-state index contributed by atoms with van der Waals surface area (Å²) in [5, 5.41) is 10.5. The number of hydrogen-bond donors (Lipinski definition) is 3. The van der Waals surface area contributed by atoms with Crippen LogP contribution in [0.25, 0.3) is 0 Å². The third-order valence-electron chi connectivity index (χ3n) is 3.37. The highest BCUT2D eigenvalue weighted by Gasteiger charge is 2.10. The fourth-order valence-corrected chi connectivity index (χ4v) is 2.76. The van der Waals surface area contributed by atoms with E-state index in [1.165, 1.54) is 24.3 Å². The van der Waals surface area contributed by atoms with Crippen LogP contribution < -0.4 is 20.5 Å². The quantitative estimate of drug-likeness (QED) is 0.635. The topological polar surface area (TPSA) is 111 Å². The van der Waals surface area contributed by atoms with Crippen LogP contribution in [0.4, 0.5) is 5.69 Å². The summed E-state index contributed by atoms with van der Waals surface area (Å²) >= 11 is 5.10. The molecule has 1 amide bonds. The fraction of sp³-hybridized carbons (Fsp3) is 0.222. The number of primary sulfonamides is 1. The Balaban J connectivity index is 1.92. The standard InChI is InChI=1S/C18H21N3O4S2/c1-12(2)11-25-15-7-3-13(4-8-15)17(22)21-18(26)20-14-5-9-16(10-6-14)27(19,23)24/h3-10,12H,11H2,1-2H3,(H2,19,23,24)(H2,20,21,22,26). The van der Waals surface area contributed by atoms with Crippen LogP contribution in [0, 0.1) is 5.92 Å². The van der Waals surface area contributed by atoms with Gasteiger partial charge in [-0.1, -0.05) is 13.8 Å². The molecular formula is C18H21N3O4S2. The van der Waals surface area contributed by atoms with Crippen molar-refractivity contribution in [2.45, 2.75) is 18.7 Å². The average molecular weight is 408 g/mol. The molecule has 2 rings (SSSR count). The van der Waals surface area contributed by atoms with Crippen molar-refractivity contribution in [3.8, 4) is 5.75 Å². The molecule has 0 aliphatic heterocycles. The average Bonchev–Trinajstić information content (AvgIpc) is 2.60. The zero-order chi connectivity index (χ0) is 20.0. The largest absolute Gasteiger partial charge is 0.493 e. The molecule has 0 heterocycles. The number of carbonyl (C=O) groups excluding carboxylic acids is 1.